The minimum atomic E-state index is -0.333. The zero-order valence-corrected chi connectivity index (χ0v) is 12.6. The van der Waals surface area contributed by atoms with Crippen molar-refractivity contribution in [3.63, 3.8) is 0 Å². The van der Waals surface area contributed by atoms with Crippen molar-refractivity contribution in [1.82, 2.24) is 4.98 Å². The highest BCUT2D eigenvalue weighted by molar-refractivity contribution is 7.09. The molecule has 0 spiro atoms. The molecule has 0 bridgehead atoms. The molecule has 0 saturated heterocycles. The molecule has 1 aliphatic rings. The van der Waals surface area contributed by atoms with Gasteiger partial charge in [0.1, 0.15) is 12.4 Å². The average Bonchev–Trinajstić information content (AvgIpc) is 3.04. The summed E-state index contributed by atoms with van der Waals surface area (Å²) < 4.78 is 5.91. The molecular formula is C16H19NO2S. The predicted octanol–water partition coefficient (Wildman–Crippen LogP) is 3.83. The fourth-order valence-corrected chi connectivity index (χ4v) is 3.36. The largest absolute Gasteiger partial charge is 0.487 e. The predicted molar refractivity (Wildman–Crippen MR) is 80.3 cm³/mol. The van der Waals surface area contributed by atoms with E-state index in [2.05, 4.69) is 24.2 Å². The summed E-state index contributed by atoms with van der Waals surface area (Å²) >= 11 is 1.69. The molecule has 4 heteroatoms. The van der Waals surface area contributed by atoms with E-state index < -0.39 is 0 Å². The smallest absolute Gasteiger partial charge is 0.131 e. The zero-order valence-electron chi connectivity index (χ0n) is 11.8. The first kappa shape index (κ1) is 13.6. The minimum absolute atomic E-state index is 0.333. The van der Waals surface area contributed by atoms with Gasteiger partial charge in [-0.05, 0) is 24.5 Å². The van der Waals surface area contributed by atoms with E-state index in [1.165, 1.54) is 0 Å². The van der Waals surface area contributed by atoms with Crippen LogP contribution in [0, 0.1) is 0 Å². The molecule has 1 unspecified atom stereocenters. The topological polar surface area (TPSA) is 42.4 Å². The average molecular weight is 289 g/mol. The lowest BCUT2D eigenvalue weighted by molar-refractivity contribution is 0.180. The molecule has 2 aromatic rings. The number of rotatable bonds is 4. The summed E-state index contributed by atoms with van der Waals surface area (Å²) in [6, 6.07) is 5.91. The third-order valence-corrected chi connectivity index (χ3v) is 4.83. The van der Waals surface area contributed by atoms with Gasteiger partial charge in [-0.25, -0.2) is 4.98 Å². The highest BCUT2D eigenvalue weighted by Gasteiger charge is 2.23. The fourth-order valence-electron chi connectivity index (χ4n) is 2.54. The second-order valence-corrected chi connectivity index (χ2v) is 6.39. The Morgan fingerprint density at radius 3 is 3.05 bits per heavy atom. The van der Waals surface area contributed by atoms with Gasteiger partial charge in [0.15, 0.2) is 0 Å². The summed E-state index contributed by atoms with van der Waals surface area (Å²) in [5.74, 6) is 1.35. The molecule has 3 nitrogen and oxygen atoms in total. The van der Waals surface area contributed by atoms with Crippen LogP contribution in [0.15, 0.2) is 23.6 Å². The van der Waals surface area contributed by atoms with Gasteiger partial charge < -0.3 is 9.84 Å². The molecular weight excluding hydrogens is 270 g/mol. The van der Waals surface area contributed by atoms with Crippen LogP contribution in [0.2, 0.25) is 0 Å². The Labute approximate surface area is 123 Å². The summed E-state index contributed by atoms with van der Waals surface area (Å²) in [5.41, 5.74) is 3.15. The molecule has 106 valence electrons. The Balaban J connectivity index is 1.73. The Morgan fingerprint density at radius 2 is 2.30 bits per heavy atom. The third kappa shape index (κ3) is 2.58. The number of aromatic nitrogens is 1. The molecule has 0 aliphatic heterocycles. The van der Waals surface area contributed by atoms with Crippen LogP contribution in [0.25, 0.3) is 0 Å². The molecule has 1 atom stereocenters. The molecule has 1 aromatic heterocycles. The van der Waals surface area contributed by atoms with Gasteiger partial charge in [0, 0.05) is 16.9 Å². The van der Waals surface area contributed by atoms with Crippen molar-refractivity contribution < 1.29 is 9.84 Å². The molecule has 3 rings (SSSR count). The maximum atomic E-state index is 9.89. The first-order valence-electron chi connectivity index (χ1n) is 7.02. The monoisotopic (exact) mass is 289 g/mol. The number of hydrogen-bond donors (Lipinski definition) is 1. The van der Waals surface area contributed by atoms with Gasteiger partial charge >= 0.3 is 0 Å². The molecule has 1 N–H and O–H groups in total. The maximum absolute atomic E-state index is 9.89. The fraction of sp³-hybridized carbons (Fsp3) is 0.438. The molecule has 0 fully saturated rings. The Morgan fingerprint density at radius 1 is 1.45 bits per heavy atom. The number of benzene rings is 1. The van der Waals surface area contributed by atoms with Crippen molar-refractivity contribution in [2.24, 2.45) is 0 Å². The number of thiazole rings is 1. The van der Waals surface area contributed by atoms with Crippen LogP contribution in [0.3, 0.4) is 0 Å². The van der Waals surface area contributed by atoms with E-state index in [0.717, 1.165) is 40.4 Å². The maximum Gasteiger partial charge on any atom is 0.131 e. The summed E-state index contributed by atoms with van der Waals surface area (Å²) in [7, 11) is 0. The van der Waals surface area contributed by atoms with Gasteiger partial charge in [-0.1, -0.05) is 26.0 Å². The number of hydrogen-bond acceptors (Lipinski definition) is 4. The number of aliphatic hydroxyl groups is 1. The summed E-state index contributed by atoms with van der Waals surface area (Å²) in [5, 5.41) is 13.1. The summed E-state index contributed by atoms with van der Waals surface area (Å²) in [6.45, 7) is 4.79. The third-order valence-electron chi connectivity index (χ3n) is 3.64. The van der Waals surface area contributed by atoms with Crippen LogP contribution in [0.5, 0.6) is 5.75 Å². The van der Waals surface area contributed by atoms with Crippen molar-refractivity contribution in [2.45, 2.75) is 45.3 Å². The molecule has 20 heavy (non-hydrogen) atoms. The van der Waals surface area contributed by atoms with Gasteiger partial charge in [-0.15, -0.1) is 11.3 Å². The van der Waals surface area contributed by atoms with Crippen LogP contribution >= 0.6 is 11.3 Å². The number of ether oxygens (including phenoxy) is 1. The molecule has 1 aromatic carbocycles. The van der Waals surface area contributed by atoms with Gasteiger partial charge in [-0.2, -0.15) is 0 Å². The quantitative estimate of drug-likeness (QED) is 0.930. The molecule has 0 saturated carbocycles. The van der Waals surface area contributed by atoms with E-state index in [1.54, 1.807) is 11.3 Å². The van der Waals surface area contributed by atoms with Crippen LogP contribution in [0.1, 0.15) is 54.1 Å². The van der Waals surface area contributed by atoms with E-state index in [1.807, 2.05) is 18.2 Å². The van der Waals surface area contributed by atoms with Crippen LogP contribution in [-0.2, 0) is 13.0 Å². The lowest BCUT2D eigenvalue weighted by Gasteiger charge is -2.10. The first-order valence-corrected chi connectivity index (χ1v) is 7.90. The second kappa shape index (κ2) is 5.54. The van der Waals surface area contributed by atoms with Crippen LogP contribution in [0.4, 0.5) is 0 Å². The van der Waals surface area contributed by atoms with Crippen LogP contribution in [-0.4, -0.2) is 10.1 Å². The molecule has 1 aliphatic carbocycles. The van der Waals surface area contributed by atoms with Crippen molar-refractivity contribution in [1.29, 1.82) is 0 Å². The van der Waals surface area contributed by atoms with E-state index in [9.17, 15) is 5.11 Å². The van der Waals surface area contributed by atoms with Crippen molar-refractivity contribution in [3.8, 4) is 5.75 Å². The van der Waals surface area contributed by atoms with E-state index >= 15 is 0 Å². The van der Waals surface area contributed by atoms with Gasteiger partial charge in [0.05, 0.1) is 16.8 Å². The number of fused-ring (bicyclic) bond motifs is 1. The number of aliphatic hydroxyl groups excluding tert-OH is 1. The van der Waals surface area contributed by atoms with Crippen molar-refractivity contribution in [3.05, 3.63) is 45.4 Å². The first-order chi connectivity index (χ1) is 9.65. The Kier molecular flexibility index (Phi) is 3.76. The van der Waals surface area contributed by atoms with E-state index in [0.29, 0.717) is 12.5 Å². The minimum Gasteiger partial charge on any atom is -0.487 e. The van der Waals surface area contributed by atoms with Gasteiger partial charge in [0.25, 0.3) is 0 Å². The standard InChI is InChI=1S/C16H19NO2S/c1-10(2)16-17-11(9-20-16)8-19-15-5-3-4-12-13(15)6-7-14(12)18/h3-5,9-10,14,18H,6-8H2,1-2H3. The highest BCUT2D eigenvalue weighted by Crippen LogP contribution is 2.37. The van der Waals surface area contributed by atoms with Crippen molar-refractivity contribution >= 4 is 11.3 Å². The zero-order chi connectivity index (χ0) is 14.1. The Bertz CT molecular complexity index is 606. The van der Waals surface area contributed by atoms with Crippen LogP contribution < -0.4 is 4.74 Å². The lowest BCUT2D eigenvalue weighted by atomic mass is 10.1. The van der Waals surface area contributed by atoms with E-state index in [-0.39, 0.29) is 6.10 Å². The summed E-state index contributed by atoms with van der Waals surface area (Å²) in [6.07, 6.45) is 1.35. The Hall–Kier alpha value is -1.39. The highest BCUT2D eigenvalue weighted by atomic mass is 32.1. The molecule has 0 amide bonds. The number of nitrogens with zero attached hydrogens (tertiary/aromatic N) is 1. The molecule has 1 heterocycles. The van der Waals surface area contributed by atoms with E-state index in [4.69, 9.17) is 4.74 Å². The van der Waals surface area contributed by atoms with Crippen molar-refractivity contribution in [2.75, 3.05) is 0 Å². The summed E-state index contributed by atoms with van der Waals surface area (Å²) in [4.78, 5) is 4.58. The second-order valence-electron chi connectivity index (χ2n) is 5.50. The molecule has 0 radical (unpaired) electrons. The van der Waals surface area contributed by atoms with Gasteiger partial charge in [-0.3, -0.25) is 0 Å². The van der Waals surface area contributed by atoms with Gasteiger partial charge in [0.2, 0.25) is 0 Å². The normalized spacial score (nSPS) is 17.5. The lowest BCUT2D eigenvalue weighted by Crippen LogP contribution is -1.99. The SMILES string of the molecule is CC(C)c1nc(COc2cccc3c2CCC3O)cs1.